The van der Waals surface area contributed by atoms with Gasteiger partial charge >= 0.3 is 6.09 Å². The first kappa shape index (κ1) is 10.8. The summed E-state index contributed by atoms with van der Waals surface area (Å²) in [6, 6.07) is 2.24. The van der Waals surface area contributed by atoms with E-state index in [2.05, 4.69) is 6.07 Å². The third-order valence-electron chi connectivity index (χ3n) is 2.38. The average molecular weight is 196 g/mol. The van der Waals surface area contributed by atoms with Gasteiger partial charge < -0.3 is 9.64 Å². The van der Waals surface area contributed by atoms with Crippen LogP contribution in [-0.4, -0.2) is 30.7 Å². The number of amides is 1. The first-order valence-corrected chi connectivity index (χ1v) is 4.88. The van der Waals surface area contributed by atoms with Crippen LogP contribution < -0.4 is 0 Å². The highest BCUT2D eigenvalue weighted by atomic mass is 16.6. The molecule has 0 N–H and O–H groups in total. The second-order valence-electron chi connectivity index (χ2n) is 4.20. The maximum Gasteiger partial charge on any atom is 0.409 e. The lowest BCUT2D eigenvalue weighted by atomic mass is 9.90. The lowest BCUT2D eigenvalue weighted by molar-refractivity contribution is 0.157. The van der Waals surface area contributed by atoms with Gasteiger partial charge in [0.05, 0.1) is 18.0 Å². The summed E-state index contributed by atoms with van der Waals surface area (Å²) in [4.78, 5) is 12.7. The maximum atomic E-state index is 11.0. The largest absolute Gasteiger partial charge is 0.448 e. The topological polar surface area (TPSA) is 53.3 Å². The van der Waals surface area contributed by atoms with Crippen molar-refractivity contribution in [1.29, 1.82) is 5.26 Å². The number of rotatable bonds is 4. The first-order chi connectivity index (χ1) is 6.55. The highest BCUT2D eigenvalue weighted by molar-refractivity contribution is 5.69. The molecule has 1 amide bonds. The number of nitrogens with zero attached hydrogens (tertiary/aromatic N) is 2. The molecule has 1 heterocycles. The molecule has 0 radical (unpaired) electrons. The lowest BCUT2D eigenvalue weighted by Gasteiger charge is -2.17. The minimum absolute atomic E-state index is 0.222. The van der Waals surface area contributed by atoms with Crippen molar-refractivity contribution in [3.63, 3.8) is 0 Å². The molecular weight excluding hydrogens is 180 g/mol. The van der Waals surface area contributed by atoms with Crippen molar-refractivity contribution >= 4 is 6.09 Å². The van der Waals surface area contributed by atoms with Crippen molar-refractivity contribution in [3.05, 3.63) is 0 Å². The Morgan fingerprint density at radius 2 is 2.36 bits per heavy atom. The predicted molar refractivity (Wildman–Crippen MR) is 51.5 cm³/mol. The van der Waals surface area contributed by atoms with Crippen molar-refractivity contribution in [2.24, 2.45) is 5.41 Å². The van der Waals surface area contributed by atoms with Gasteiger partial charge in [-0.1, -0.05) is 0 Å². The van der Waals surface area contributed by atoms with Crippen LogP contribution in [-0.2, 0) is 4.74 Å². The SMILES string of the molecule is CC(C)(C#N)CCCN1CCOC1=O. The van der Waals surface area contributed by atoms with Gasteiger partial charge in [-0.25, -0.2) is 4.79 Å². The van der Waals surface area contributed by atoms with Crippen molar-refractivity contribution in [3.8, 4) is 6.07 Å². The summed E-state index contributed by atoms with van der Waals surface area (Å²) in [7, 11) is 0. The van der Waals surface area contributed by atoms with Gasteiger partial charge in [-0.3, -0.25) is 0 Å². The second-order valence-corrected chi connectivity index (χ2v) is 4.20. The Kier molecular flexibility index (Phi) is 3.34. The molecule has 0 atom stereocenters. The molecule has 0 aromatic heterocycles. The molecular formula is C10H16N2O2. The molecule has 4 nitrogen and oxygen atoms in total. The highest BCUT2D eigenvalue weighted by Crippen LogP contribution is 2.21. The van der Waals surface area contributed by atoms with Gasteiger partial charge in [0.25, 0.3) is 0 Å². The van der Waals surface area contributed by atoms with Crippen LogP contribution >= 0.6 is 0 Å². The Labute approximate surface area is 84.4 Å². The minimum Gasteiger partial charge on any atom is -0.448 e. The minimum atomic E-state index is -0.288. The summed E-state index contributed by atoms with van der Waals surface area (Å²) in [5, 5.41) is 8.78. The lowest BCUT2D eigenvalue weighted by Crippen LogP contribution is -2.26. The molecule has 0 aromatic carbocycles. The number of carbonyl (C=O) groups excluding carboxylic acids is 1. The van der Waals surface area contributed by atoms with Crippen LogP contribution in [0, 0.1) is 16.7 Å². The Balaban J connectivity index is 2.22. The van der Waals surface area contributed by atoms with Gasteiger partial charge in [0, 0.05) is 6.54 Å². The van der Waals surface area contributed by atoms with Gasteiger partial charge in [0.2, 0.25) is 0 Å². The van der Waals surface area contributed by atoms with Crippen LogP contribution in [0.4, 0.5) is 4.79 Å². The molecule has 14 heavy (non-hydrogen) atoms. The Hall–Kier alpha value is -1.24. The Bertz CT molecular complexity index is 255. The zero-order valence-corrected chi connectivity index (χ0v) is 8.75. The molecule has 0 aliphatic carbocycles. The smallest absolute Gasteiger partial charge is 0.409 e. The van der Waals surface area contributed by atoms with Crippen molar-refractivity contribution in [2.45, 2.75) is 26.7 Å². The number of ether oxygens (including phenoxy) is 1. The Morgan fingerprint density at radius 1 is 1.64 bits per heavy atom. The van der Waals surface area contributed by atoms with Gasteiger partial charge in [0.15, 0.2) is 0 Å². The van der Waals surface area contributed by atoms with Crippen LogP contribution in [0.15, 0.2) is 0 Å². The molecule has 1 aliphatic rings. The van der Waals surface area contributed by atoms with Crippen LogP contribution in [0.3, 0.4) is 0 Å². The van der Waals surface area contributed by atoms with Gasteiger partial charge in [0.1, 0.15) is 6.61 Å². The number of hydrogen-bond donors (Lipinski definition) is 0. The van der Waals surface area contributed by atoms with Gasteiger partial charge in [-0.15, -0.1) is 0 Å². The monoisotopic (exact) mass is 196 g/mol. The van der Waals surface area contributed by atoms with E-state index in [-0.39, 0.29) is 11.5 Å². The fourth-order valence-electron chi connectivity index (χ4n) is 1.40. The fourth-order valence-corrected chi connectivity index (χ4v) is 1.40. The molecule has 4 heteroatoms. The summed E-state index contributed by atoms with van der Waals surface area (Å²) < 4.78 is 4.80. The molecule has 0 saturated carbocycles. The Morgan fingerprint density at radius 3 is 2.86 bits per heavy atom. The van der Waals surface area contributed by atoms with E-state index in [1.54, 1.807) is 4.90 Å². The molecule has 1 aliphatic heterocycles. The number of nitriles is 1. The number of hydrogen-bond acceptors (Lipinski definition) is 3. The summed E-state index contributed by atoms with van der Waals surface area (Å²) in [6.07, 6.45) is 1.45. The van der Waals surface area contributed by atoms with E-state index in [4.69, 9.17) is 10.00 Å². The summed E-state index contributed by atoms with van der Waals surface area (Å²) >= 11 is 0. The molecule has 0 unspecified atom stereocenters. The van der Waals surface area contributed by atoms with Crippen molar-refractivity contribution in [2.75, 3.05) is 19.7 Å². The molecule has 0 aromatic rings. The van der Waals surface area contributed by atoms with Crippen molar-refractivity contribution < 1.29 is 9.53 Å². The van der Waals surface area contributed by atoms with E-state index < -0.39 is 0 Å². The van der Waals surface area contributed by atoms with E-state index in [9.17, 15) is 4.79 Å². The predicted octanol–water partition coefficient (Wildman–Crippen LogP) is 1.77. The zero-order valence-electron chi connectivity index (χ0n) is 8.75. The molecule has 1 rings (SSSR count). The van der Waals surface area contributed by atoms with Crippen molar-refractivity contribution in [1.82, 2.24) is 4.90 Å². The van der Waals surface area contributed by atoms with E-state index in [0.717, 1.165) is 12.8 Å². The third kappa shape index (κ3) is 2.91. The van der Waals surface area contributed by atoms with Crippen LogP contribution in [0.5, 0.6) is 0 Å². The van der Waals surface area contributed by atoms with E-state index in [1.807, 2.05) is 13.8 Å². The van der Waals surface area contributed by atoms with E-state index in [0.29, 0.717) is 19.7 Å². The average Bonchev–Trinajstić information content (AvgIpc) is 2.52. The second kappa shape index (κ2) is 4.32. The normalized spacial score (nSPS) is 16.6. The molecule has 0 bridgehead atoms. The van der Waals surface area contributed by atoms with Gasteiger partial charge in [-0.2, -0.15) is 5.26 Å². The first-order valence-electron chi connectivity index (χ1n) is 4.88. The number of carbonyl (C=O) groups is 1. The molecule has 1 fully saturated rings. The summed E-state index contributed by atoms with van der Waals surface area (Å²) in [6.45, 7) is 5.71. The fraction of sp³-hybridized carbons (Fsp3) is 0.800. The van der Waals surface area contributed by atoms with Crippen LogP contribution in [0.2, 0.25) is 0 Å². The van der Waals surface area contributed by atoms with E-state index in [1.165, 1.54) is 0 Å². The summed E-state index contributed by atoms with van der Waals surface area (Å²) in [5.74, 6) is 0. The summed E-state index contributed by atoms with van der Waals surface area (Å²) in [5.41, 5.74) is -0.288. The highest BCUT2D eigenvalue weighted by Gasteiger charge is 2.22. The third-order valence-corrected chi connectivity index (χ3v) is 2.38. The number of cyclic esters (lactones) is 1. The standard InChI is InChI=1S/C10H16N2O2/c1-10(2,8-11)4-3-5-12-6-7-14-9(12)13/h3-7H2,1-2H3. The van der Waals surface area contributed by atoms with Crippen LogP contribution in [0.25, 0.3) is 0 Å². The zero-order chi connectivity index (χ0) is 10.6. The van der Waals surface area contributed by atoms with E-state index >= 15 is 0 Å². The van der Waals surface area contributed by atoms with Crippen LogP contribution in [0.1, 0.15) is 26.7 Å². The maximum absolute atomic E-state index is 11.0. The quantitative estimate of drug-likeness (QED) is 0.688. The van der Waals surface area contributed by atoms with Gasteiger partial charge in [-0.05, 0) is 26.7 Å². The molecule has 78 valence electrons. The molecule has 1 saturated heterocycles. The molecule has 0 spiro atoms.